The molecule has 2 aliphatic rings. The molecule has 0 aromatic carbocycles. The lowest BCUT2D eigenvalue weighted by Crippen LogP contribution is -2.61. The van der Waals surface area contributed by atoms with Crippen molar-refractivity contribution in [2.45, 2.75) is 38.1 Å². The molecular formula is C15H26N4S. The third kappa shape index (κ3) is 2.71. The fourth-order valence-electron chi connectivity index (χ4n) is 3.98. The Morgan fingerprint density at radius 3 is 2.80 bits per heavy atom. The zero-order valence-electron chi connectivity index (χ0n) is 12.4. The first-order valence-corrected chi connectivity index (χ1v) is 8.71. The summed E-state index contributed by atoms with van der Waals surface area (Å²) in [6, 6.07) is 0. The lowest BCUT2D eigenvalue weighted by Gasteiger charge is -2.50. The summed E-state index contributed by atoms with van der Waals surface area (Å²) in [5.74, 6) is 0.823. The molecule has 2 N–H and O–H groups in total. The first kappa shape index (κ1) is 14.3. The molecule has 0 radical (unpaired) electrons. The van der Waals surface area contributed by atoms with Gasteiger partial charge in [-0.1, -0.05) is 19.8 Å². The van der Waals surface area contributed by atoms with Gasteiger partial charge in [-0.2, -0.15) is 0 Å². The highest BCUT2D eigenvalue weighted by Crippen LogP contribution is 2.37. The van der Waals surface area contributed by atoms with Crippen LogP contribution in [-0.2, 0) is 0 Å². The number of nitrogens with zero attached hydrogens (tertiary/aromatic N) is 3. The molecule has 4 nitrogen and oxygen atoms in total. The van der Waals surface area contributed by atoms with Crippen LogP contribution in [0, 0.1) is 5.92 Å². The second kappa shape index (κ2) is 6.00. The van der Waals surface area contributed by atoms with Crippen LogP contribution in [-0.4, -0.2) is 48.1 Å². The monoisotopic (exact) mass is 294 g/mol. The number of thiazole rings is 1. The lowest BCUT2D eigenvalue weighted by atomic mass is 9.75. The number of rotatable bonds is 3. The third-order valence-corrected chi connectivity index (χ3v) is 5.92. The summed E-state index contributed by atoms with van der Waals surface area (Å²) in [6.07, 6.45) is 7.17. The molecule has 2 atom stereocenters. The van der Waals surface area contributed by atoms with Gasteiger partial charge in [0.05, 0.1) is 0 Å². The Hall–Kier alpha value is -0.650. The zero-order valence-corrected chi connectivity index (χ0v) is 13.2. The summed E-state index contributed by atoms with van der Waals surface area (Å²) in [5, 5.41) is 3.23. The minimum atomic E-state index is 0.270. The van der Waals surface area contributed by atoms with E-state index in [2.05, 4.69) is 27.1 Å². The quantitative estimate of drug-likeness (QED) is 0.928. The molecule has 1 saturated heterocycles. The van der Waals surface area contributed by atoms with Crippen molar-refractivity contribution in [1.82, 2.24) is 9.88 Å². The summed E-state index contributed by atoms with van der Waals surface area (Å²) >= 11 is 1.74. The lowest BCUT2D eigenvalue weighted by molar-refractivity contribution is 0.0347. The summed E-state index contributed by atoms with van der Waals surface area (Å²) < 4.78 is 0. The molecule has 20 heavy (non-hydrogen) atoms. The van der Waals surface area contributed by atoms with Crippen molar-refractivity contribution in [3.63, 3.8) is 0 Å². The van der Waals surface area contributed by atoms with Gasteiger partial charge < -0.3 is 10.6 Å². The molecular weight excluding hydrogens is 268 g/mol. The first-order chi connectivity index (χ1) is 9.73. The van der Waals surface area contributed by atoms with Crippen LogP contribution >= 0.6 is 11.3 Å². The molecule has 0 amide bonds. The van der Waals surface area contributed by atoms with Gasteiger partial charge >= 0.3 is 0 Å². The molecule has 5 heteroatoms. The van der Waals surface area contributed by atoms with Gasteiger partial charge in [-0.3, -0.25) is 4.90 Å². The van der Waals surface area contributed by atoms with Crippen molar-refractivity contribution in [2.24, 2.45) is 11.7 Å². The van der Waals surface area contributed by atoms with Gasteiger partial charge in [0, 0.05) is 49.8 Å². The second-order valence-corrected chi connectivity index (χ2v) is 7.29. The van der Waals surface area contributed by atoms with Gasteiger partial charge in [0.2, 0.25) is 0 Å². The largest absolute Gasteiger partial charge is 0.346 e. The third-order valence-electron chi connectivity index (χ3n) is 5.09. The van der Waals surface area contributed by atoms with Crippen LogP contribution < -0.4 is 10.6 Å². The number of anilines is 1. The van der Waals surface area contributed by atoms with Gasteiger partial charge in [-0.05, 0) is 18.8 Å². The predicted octanol–water partition coefficient (Wildman–Crippen LogP) is 2.17. The van der Waals surface area contributed by atoms with E-state index in [0.29, 0.717) is 0 Å². The summed E-state index contributed by atoms with van der Waals surface area (Å²) in [7, 11) is 0. The number of hydrogen-bond donors (Lipinski definition) is 1. The Labute approximate surface area is 126 Å². The highest BCUT2D eigenvalue weighted by Gasteiger charge is 2.40. The maximum atomic E-state index is 6.19. The molecule has 2 fully saturated rings. The fraction of sp³-hybridized carbons (Fsp3) is 0.800. The van der Waals surface area contributed by atoms with Crippen LogP contribution in [0.5, 0.6) is 0 Å². The SMILES string of the molecule is CC1CCCC(CN)(N2CCN(c3nccs3)CC2)C1. The van der Waals surface area contributed by atoms with Gasteiger partial charge in [0.25, 0.3) is 0 Å². The number of piperazine rings is 1. The molecule has 1 saturated carbocycles. The summed E-state index contributed by atoms with van der Waals surface area (Å²) in [6.45, 7) is 7.63. The van der Waals surface area contributed by atoms with Crippen molar-refractivity contribution in [1.29, 1.82) is 0 Å². The van der Waals surface area contributed by atoms with Gasteiger partial charge in [-0.15, -0.1) is 11.3 Å². The fourth-order valence-corrected chi connectivity index (χ4v) is 4.68. The molecule has 0 bridgehead atoms. The van der Waals surface area contributed by atoms with Crippen molar-refractivity contribution in [3.05, 3.63) is 11.6 Å². The van der Waals surface area contributed by atoms with Crippen LogP contribution in [0.25, 0.3) is 0 Å². The van der Waals surface area contributed by atoms with Crippen molar-refractivity contribution in [2.75, 3.05) is 37.6 Å². The average molecular weight is 294 g/mol. The van der Waals surface area contributed by atoms with E-state index in [1.54, 1.807) is 11.3 Å². The van der Waals surface area contributed by atoms with E-state index >= 15 is 0 Å². The highest BCUT2D eigenvalue weighted by molar-refractivity contribution is 7.13. The number of hydrogen-bond acceptors (Lipinski definition) is 5. The van der Waals surface area contributed by atoms with Crippen LogP contribution in [0.2, 0.25) is 0 Å². The Bertz CT molecular complexity index is 414. The Morgan fingerprint density at radius 2 is 2.20 bits per heavy atom. The summed E-state index contributed by atoms with van der Waals surface area (Å²) in [5.41, 5.74) is 6.47. The second-order valence-electron chi connectivity index (χ2n) is 6.42. The maximum absolute atomic E-state index is 6.19. The minimum absolute atomic E-state index is 0.270. The van der Waals surface area contributed by atoms with Gasteiger partial charge in [-0.25, -0.2) is 4.98 Å². The standard InChI is InChI=1S/C15H26N4S/c1-13-3-2-4-15(11-13,12-16)19-8-6-18(7-9-19)14-17-5-10-20-14/h5,10,13H,2-4,6-9,11-12,16H2,1H3. The maximum Gasteiger partial charge on any atom is 0.185 e. The zero-order chi connectivity index (χ0) is 14.0. The van der Waals surface area contributed by atoms with Gasteiger partial charge in [0.1, 0.15) is 0 Å². The van der Waals surface area contributed by atoms with E-state index < -0.39 is 0 Å². The molecule has 0 spiro atoms. The first-order valence-electron chi connectivity index (χ1n) is 7.83. The molecule has 2 unspecified atom stereocenters. The van der Waals surface area contributed by atoms with Crippen LogP contribution in [0.15, 0.2) is 11.6 Å². The molecule has 1 aliphatic carbocycles. The van der Waals surface area contributed by atoms with E-state index in [9.17, 15) is 0 Å². The van der Waals surface area contributed by atoms with Crippen LogP contribution in [0.1, 0.15) is 32.6 Å². The average Bonchev–Trinajstić information content (AvgIpc) is 3.01. The molecule has 112 valence electrons. The van der Waals surface area contributed by atoms with E-state index in [1.165, 1.54) is 30.8 Å². The van der Waals surface area contributed by atoms with Gasteiger partial charge in [0.15, 0.2) is 5.13 Å². The molecule has 1 aromatic rings. The van der Waals surface area contributed by atoms with Crippen molar-refractivity contribution >= 4 is 16.5 Å². The van der Waals surface area contributed by atoms with E-state index in [0.717, 1.165) is 38.6 Å². The van der Waals surface area contributed by atoms with Crippen LogP contribution in [0.3, 0.4) is 0 Å². The predicted molar refractivity (Wildman–Crippen MR) is 85.3 cm³/mol. The Kier molecular flexibility index (Phi) is 4.29. The molecule has 1 aliphatic heterocycles. The van der Waals surface area contributed by atoms with E-state index in [-0.39, 0.29) is 5.54 Å². The molecule has 1 aromatic heterocycles. The van der Waals surface area contributed by atoms with Crippen molar-refractivity contribution in [3.8, 4) is 0 Å². The van der Waals surface area contributed by atoms with E-state index in [1.807, 2.05) is 6.20 Å². The normalized spacial score (nSPS) is 32.5. The molecule has 2 heterocycles. The Morgan fingerprint density at radius 1 is 1.40 bits per heavy atom. The minimum Gasteiger partial charge on any atom is -0.346 e. The summed E-state index contributed by atoms with van der Waals surface area (Å²) in [4.78, 5) is 9.52. The topological polar surface area (TPSA) is 45.4 Å². The number of nitrogens with two attached hydrogens (primary N) is 1. The van der Waals surface area contributed by atoms with E-state index in [4.69, 9.17) is 5.73 Å². The smallest absolute Gasteiger partial charge is 0.185 e. The van der Waals surface area contributed by atoms with Crippen LogP contribution in [0.4, 0.5) is 5.13 Å². The van der Waals surface area contributed by atoms with Crippen molar-refractivity contribution < 1.29 is 0 Å². The Balaban J connectivity index is 1.64. The molecule has 3 rings (SSSR count). The number of aromatic nitrogens is 1. The highest BCUT2D eigenvalue weighted by atomic mass is 32.1.